The molecule has 0 saturated heterocycles. The highest BCUT2D eigenvalue weighted by molar-refractivity contribution is 5.98. The molecule has 3 rings (SSSR count). The molecular weight excluding hydrogens is 358 g/mol. The molecule has 1 N–H and O–H groups in total. The minimum atomic E-state index is -0.257. The second-order valence-corrected chi connectivity index (χ2v) is 7.55. The largest absolute Gasteiger partial charge is 0.378 e. The van der Waals surface area contributed by atoms with E-state index < -0.39 is 0 Å². The number of carbonyl (C=O) groups is 1. The molecule has 29 heavy (non-hydrogen) atoms. The normalized spacial score (nSPS) is 11.9. The molecule has 1 amide bonds. The Morgan fingerprint density at radius 1 is 0.862 bits per heavy atom. The van der Waals surface area contributed by atoms with Crippen molar-refractivity contribution in [2.45, 2.75) is 19.5 Å². The lowest BCUT2D eigenvalue weighted by Crippen LogP contribution is -2.39. The molecule has 0 fully saturated rings. The lowest BCUT2D eigenvalue weighted by Gasteiger charge is -2.25. The van der Waals surface area contributed by atoms with Crippen molar-refractivity contribution in [3.63, 3.8) is 0 Å². The van der Waals surface area contributed by atoms with Gasteiger partial charge in [0.1, 0.15) is 0 Å². The van der Waals surface area contributed by atoms with E-state index in [0.29, 0.717) is 6.54 Å². The van der Waals surface area contributed by atoms with Crippen LogP contribution in [0.1, 0.15) is 12.5 Å². The molecule has 0 spiro atoms. The summed E-state index contributed by atoms with van der Waals surface area (Å²) < 4.78 is 0. The van der Waals surface area contributed by atoms with E-state index in [1.54, 1.807) is 0 Å². The van der Waals surface area contributed by atoms with Gasteiger partial charge in [0, 0.05) is 37.6 Å². The second-order valence-electron chi connectivity index (χ2n) is 7.55. The number of hydrogen-bond donors (Lipinski definition) is 1. The third-order valence-corrected chi connectivity index (χ3v) is 5.20. The number of nitrogens with one attached hydrogen (secondary N) is 1. The molecule has 150 valence electrons. The van der Waals surface area contributed by atoms with Crippen molar-refractivity contribution in [3.05, 3.63) is 84.4 Å². The molecule has 1 atom stereocenters. The maximum absolute atomic E-state index is 12.9. The van der Waals surface area contributed by atoms with Crippen molar-refractivity contribution in [2.75, 3.05) is 31.4 Å². The van der Waals surface area contributed by atoms with Gasteiger partial charge in [-0.2, -0.15) is 0 Å². The molecule has 0 bridgehead atoms. The van der Waals surface area contributed by atoms with Gasteiger partial charge in [-0.15, -0.1) is 0 Å². The number of rotatable bonds is 7. The maximum atomic E-state index is 12.9. The van der Waals surface area contributed by atoms with E-state index in [9.17, 15) is 4.79 Å². The van der Waals surface area contributed by atoms with Crippen LogP contribution < -0.4 is 10.2 Å². The van der Waals surface area contributed by atoms with Crippen LogP contribution in [-0.2, 0) is 11.3 Å². The van der Waals surface area contributed by atoms with Gasteiger partial charge in [0.2, 0.25) is 5.91 Å². The molecule has 3 aromatic rings. The Labute approximate surface area is 173 Å². The topological polar surface area (TPSA) is 35.6 Å². The summed E-state index contributed by atoms with van der Waals surface area (Å²) in [4.78, 5) is 17.0. The quantitative estimate of drug-likeness (QED) is 0.628. The summed E-state index contributed by atoms with van der Waals surface area (Å²) in [6.07, 6.45) is 0. The molecule has 0 unspecified atom stereocenters. The fraction of sp³-hybridized carbons (Fsp3) is 0.240. The molecule has 0 aromatic heterocycles. The van der Waals surface area contributed by atoms with Crippen molar-refractivity contribution in [1.82, 2.24) is 4.90 Å². The highest BCUT2D eigenvalue weighted by Crippen LogP contribution is 2.27. The minimum Gasteiger partial charge on any atom is -0.378 e. The molecule has 4 nitrogen and oxygen atoms in total. The second kappa shape index (κ2) is 9.39. The number of benzene rings is 3. The van der Waals surface area contributed by atoms with Gasteiger partial charge in [-0.3, -0.25) is 9.69 Å². The Hall–Kier alpha value is -3.11. The number of carbonyl (C=O) groups excluding carboxylic acids is 1. The van der Waals surface area contributed by atoms with Crippen LogP contribution in [0.5, 0.6) is 0 Å². The molecule has 0 heterocycles. The summed E-state index contributed by atoms with van der Waals surface area (Å²) >= 11 is 0. The van der Waals surface area contributed by atoms with Crippen LogP contribution in [0.3, 0.4) is 0 Å². The first-order valence-corrected chi connectivity index (χ1v) is 9.87. The van der Waals surface area contributed by atoms with Gasteiger partial charge >= 0.3 is 0 Å². The number of nitrogens with zero attached hydrogens (tertiary/aromatic N) is 2. The lowest BCUT2D eigenvalue weighted by atomic mass is 10.0. The number of anilines is 2. The Balaban J connectivity index is 1.68. The Morgan fingerprint density at radius 2 is 1.48 bits per heavy atom. The van der Waals surface area contributed by atoms with Crippen LogP contribution in [0, 0.1) is 0 Å². The van der Waals surface area contributed by atoms with Gasteiger partial charge < -0.3 is 10.2 Å². The summed E-state index contributed by atoms with van der Waals surface area (Å²) in [7, 11) is 6.04. The van der Waals surface area contributed by atoms with Crippen LogP contribution in [-0.4, -0.2) is 38.0 Å². The van der Waals surface area contributed by atoms with E-state index in [1.807, 2.05) is 70.5 Å². The summed E-state index contributed by atoms with van der Waals surface area (Å²) in [5.74, 6) is -0.0132. The van der Waals surface area contributed by atoms with Crippen LogP contribution in [0.25, 0.3) is 11.1 Å². The van der Waals surface area contributed by atoms with Crippen molar-refractivity contribution < 1.29 is 4.79 Å². The predicted octanol–water partition coefficient (Wildman–Crippen LogP) is 4.88. The zero-order valence-corrected chi connectivity index (χ0v) is 17.6. The SMILES string of the molecule is C[C@H](C(=O)Nc1ccccc1-c1ccccc1)N(C)Cc1ccc(N(C)C)cc1. The molecule has 0 saturated carbocycles. The highest BCUT2D eigenvalue weighted by Gasteiger charge is 2.19. The van der Waals surface area contributed by atoms with E-state index in [2.05, 4.69) is 51.5 Å². The molecule has 0 radical (unpaired) electrons. The van der Waals surface area contributed by atoms with Crippen LogP contribution >= 0.6 is 0 Å². The molecule has 3 aromatic carbocycles. The first kappa shape index (κ1) is 20.6. The zero-order chi connectivity index (χ0) is 20.8. The van der Waals surface area contributed by atoms with Crippen LogP contribution in [0.4, 0.5) is 11.4 Å². The average Bonchev–Trinajstić information content (AvgIpc) is 2.74. The van der Waals surface area contributed by atoms with Crippen molar-refractivity contribution in [2.24, 2.45) is 0 Å². The third kappa shape index (κ3) is 5.24. The summed E-state index contributed by atoms with van der Waals surface area (Å²) in [6.45, 7) is 2.65. The smallest absolute Gasteiger partial charge is 0.241 e. The van der Waals surface area contributed by atoms with Gasteiger partial charge in [0.25, 0.3) is 0 Å². The Kier molecular flexibility index (Phi) is 6.68. The first-order chi connectivity index (χ1) is 14.0. The lowest BCUT2D eigenvalue weighted by molar-refractivity contribution is -0.120. The zero-order valence-electron chi connectivity index (χ0n) is 17.6. The van der Waals surface area contributed by atoms with Gasteiger partial charge in [-0.1, -0.05) is 60.7 Å². The molecule has 0 aliphatic heterocycles. The highest BCUT2D eigenvalue weighted by atomic mass is 16.2. The van der Waals surface area contributed by atoms with E-state index in [1.165, 1.54) is 11.3 Å². The maximum Gasteiger partial charge on any atom is 0.241 e. The monoisotopic (exact) mass is 387 g/mol. The minimum absolute atomic E-state index is 0.0132. The van der Waals surface area contributed by atoms with Gasteiger partial charge in [-0.05, 0) is 43.3 Å². The van der Waals surface area contributed by atoms with Crippen molar-refractivity contribution in [3.8, 4) is 11.1 Å². The fourth-order valence-electron chi connectivity index (χ4n) is 3.22. The summed E-state index contributed by atoms with van der Waals surface area (Å²) in [5, 5.41) is 3.11. The summed E-state index contributed by atoms with van der Waals surface area (Å²) in [6, 6.07) is 26.2. The molecule has 4 heteroatoms. The van der Waals surface area contributed by atoms with Gasteiger partial charge in [-0.25, -0.2) is 0 Å². The van der Waals surface area contributed by atoms with Gasteiger partial charge in [0.15, 0.2) is 0 Å². The number of amides is 1. The third-order valence-electron chi connectivity index (χ3n) is 5.20. The standard InChI is InChI=1S/C25H29N3O/c1-19(28(4)18-20-14-16-22(17-15-20)27(2)3)25(29)26-24-13-9-8-12-23(24)21-10-6-5-7-11-21/h5-17,19H,18H2,1-4H3,(H,26,29)/t19-/m1/s1. The van der Waals surface area contributed by atoms with Crippen molar-refractivity contribution in [1.29, 1.82) is 0 Å². The van der Waals surface area contributed by atoms with E-state index in [0.717, 1.165) is 16.8 Å². The number of likely N-dealkylation sites (N-methyl/N-ethyl adjacent to an activating group) is 1. The van der Waals surface area contributed by atoms with Crippen molar-refractivity contribution >= 4 is 17.3 Å². The van der Waals surface area contributed by atoms with Gasteiger partial charge in [0.05, 0.1) is 6.04 Å². The Bertz CT molecular complexity index is 936. The van der Waals surface area contributed by atoms with E-state index in [-0.39, 0.29) is 11.9 Å². The fourth-order valence-corrected chi connectivity index (χ4v) is 3.22. The van der Waals surface area contributed by atoms with Crippen LogP contribution in [0.2, 0.25) is 0 Å². The summed E-state index contributed by atoms with van der Waals surface area (Å²) in [5.41, 5.74) is 5.29. The van der Waals surface area contributed by atoms with Crippen LogP contribution in [0.15, 0.2) is 78.9 Å². The predicted molar refractivity (Wildman–Crippen MR) is 122 cm³/mol. The number of para-hydroxylation sites is 1. The average molecular weight is 388 g/mol. The Morgan fingerprint density at radius 3 is 2.14 bits per heavy atom. The van der Waals surface area contributed by atoms with E-state index in [4.69, 9.17) is 0 Å². The molecule has 0 aliphatic rings. The molecule has 0 aliphatic carbocycles. The molecular formula is C25H29N3O. The van der Waals surface area contributed by atoms with E-state index >= 15 is 0 Å². The number of hydrogen-bond acceptors (Lipinski definition) is 3. The first-order valence-electron chi connectivity index (χ1n) is 9.87.